The lowest BCUT2D eigenvalue weighted by Gasteiger charge is -2.16. The van der Waals surface area contributed by atoms with Crippen molar-refractivity contribution < 1.29 is 9.90 Å². The van der Waals surface area contributed by atoms with Gasteiger partial charge in [-0.25, -0.2) is 9.97 Å². The fraction of sp³-hybridized carbons (Fsp3) is 0.235. The van der Waals surface area contributed by atoms with E-state index in [1.54, 1.807) is 29.8 Å². The van der Waals surface area contributed by atoms with E-state index in [-0.39, 0.29) is 17.1 Å². The number of aromatic nitrogens is 3. The first-order chi connectivity index (χ1) is 11.4. The van der Waals surface area contributed by atoms with Gasteiger partial charge in [-0.15, -0.1) is 0 Å². The first-order valence-corrected chi connectivity index (χ1v) is 7.61. The molecule has 0 aliphatic heterocycles. The van der Waals surface area contributed by atoms with E-state index in [1.165, 1.54) is 0 Å². The van der Waals surface area contributed by atoms with Gasteiger partial charge in [0.15, 0.2) is 5.65 Å². The van der Waals surface area contributed by atoms with Crippen LogP contribution in [-0.4, -0.2) is 25.5 Å². The molecule has 0 spiro atoms. The van der Waals surface area contributed by atoms with E-state index in [0.717, 1.165) is 11.1 Å². The summed E-state index contributed by atoms with van der Waals surface area (Å²) >= 11 is 0. The molecule has 3 rings (SSSR count). The highest BCUT2D eigenvalue weighted by atomic mass is 16.3. The summed E-state index contributed by atoms with van der Waals surface area (Å²) in [5.74, 6) is 0.277. The zero-order chi connectivity index (χ0) is 17.6. The van der Waals surface area contributed by atoms with Gasteiger partial charge >= 0.3 is 0 Å². The molecule has 24 heavy (non-hydrogen) atoms. The number of phenolic OH excluding ortho intramolecular Hbond substituents is 1. The number of nitrogens with two attached hydrogens (primary N) is 2. The van der Waals surface area contributed by atoms with Crippen molar-refractivity contribution in [1.82, 2.24) is 14.5 Å². The van der Waals surface area contributed by atoms with E-state index in [1.807, 2.05) is 13.8 Å². The topological polar surface area (TPSA) is 120 Å². The second-order valence-corrected chi connectivity index (χ2v) is 5.70. The van der Waals surface area contributed by atoms with Crippen LogP contribution in [0.2, 0.25) is 0 Å². The molecule has 7 heteroatoms. The maximum Gasteiger partial charge on any atom is 0.253 e. The maximum absolute atomic E-state index is 11.9. The van der Waals surface area contributed by atoms with Crippen molar-refractivity contribution in [2.45, 2.75) is 27.2 Å². The first kappa shape index (κ1) is 15.8. The molecule has 1 aromatic carbocycles. The smallest absolute Gasteiger partial charge is 0.253 e. The molecule has 124 valence electrons. The summed E-state index contributed by atoms with van der Waals surface area (Å²) in [6.07, 6.45) is 2.15. The lowest BCUT2D eigenvalue weighted by Crippen LogP contribution is -2.14. The Hall–Kier alpha value is -3.09. The summed E-state index contributed by atoms with van der Waals surface area (Å²) in [4.78, 5) is 20.5. The Bertz CT molecular complexity index is 975. The van der Waals surface area contributed by atoms with Gasteiger partial charge in [-0.2, -0.15) is 0 Å². The Kier molecular flexibility index (Phi) is 3.63. The Labute approximate surface area is 138 Å². The molecule has 0 radical (unpaired) electrons. The predicted octanol–water partition coefficient (Wildman–Crippen LogP) is 1.99. The highest BCUT2D eigenvalue weighted by molar-refractivity contribution is 6.10. The van der Waals surface area contributed by atoms with Crippen molar-refractivity contribution in [1.29, 1.82) is 0 Å². The van der Waals surface area contributed by atoms with Crippen LogP contribution in [0.25, 0.3) is 16.7 Å². The second-order valence-electron chi connectivity index (χ2n) is 5.70. The molecule has 0 aliphatic rings. The number of nitrogens with zero attached hydrogens (tertiary/aromatic N) is 3. The fourth-order valence-corrected chi connectivity index (χ4v) is 3.06. The largest absolute Gasteiger partial charge is 0.508 e. The third-order valence-electron chi connectivity index (χ3n) is 4.15. The molecule has 0 atom stereocenters. The molecule has 0 saturated carbocycles. The van der Waals surface area contributed by atoms with Crippen LogP contribution in [0.15, 0.2) is 18.3 Å². The summed E-state index contributed by atoms with van der Waals surface area (Å²) in [6, 6.07) is 3.45. The van der Waals surface area contributed by atoms with Crippen LogP contribution in [-0.2, 0) is 6.42 Å². The SMILES string of the molecule is CCc1c(O)ccc(C)c1-n1c(N)c(C(N)=O)c2cnc(C)nc21. The summed E-state index contributed by atoms with van der Waals surface area (Å²) < 4.78 is 1.68. The van der Waals surface area contributed by atoms with E-state index in [0.29, 0.717) is 29.0 Å². The zero-order valence-electron chi connectivity index (χ0n) is 13.8. The first-order valence-electron chi connectivity index (χ1n) is 7.61. The van der Waals surface area contributed by atoms with Gasteiger partial charge in [0.25, 0.3) is 5.91 Å². The van der Waals surface area contributed by atoms with E-state index >= 15 is 0 Å². The minimum absolute atomic E-state index is 0.172. The van der Waals surface area contributed by atoms with Crippen LogP contribution < -0.4 is 11.5 Å². The summed E-state index contributed by atoms with van der Waals surface area (Å²) in [6.45, 7) is 5.61. The maximum atomic E-state index is 11.9. The number of aromatic hydroxyl groups is 1. The number of phenols is 1. The summed E-state index contributed by atoms with van der Waals surface area (Å²) in [5, 5.41) is 10.7. The number of nitrogen functional groups attached to an aromatic ring is 1. The molecule has 0 saturated heterocycles. The molecule has 0 unspecified atom stereocenters. The van der Waals surface area contributed by atoms with Crippen LogP contribution in [0.1, 0.15) is 34.2 Å². The van der Waals surface area contributed by atoms with Crippen LogP contribution in [0.5, 0.6) is 5.75 Å². The lowest BCUT2D eigenvalue weighted by molar-refractivity contribution is 0.100. The second kappa shape index (κ2) is 5.52. The van der Waals surface area contributed by atoms with Gasteiger partial charge in [0, 0.05) is 11.8 Å². The van der Waals surface area contributed by atoms with E-state index in [2.05, 4.69) is 9.97 Å². The van der Waals surface area contributed by atoms with Crippen molar-refractivity contribution >= 4 is 22.8 Å². The molecular formula is C17H19N5O2. The van der Waals surface area contributed by atoms with Gasteiger partial charge < -0.3 is 16.6 Å². The van der Waals surface area contributed by atoms with Crippen molar-refractivity contribution in [3.05, 3.63) is 40.8 Å². The van der Waals surface area contributed by atoms with Gasteiger partial charge in [-0.05, 0) is 31.9 Å². The third-order valence-corrected chi connectivity index (χ3v) is 4.15. The molecule has 7 nitrogen and oxygen atoms in total. The van der Waals surface area contributed by atoms with E-state index in [4.69, 9.17) is 11.5 Å². The van der Waals surface area contributed by atoms with Crippen LogP contribution >= 0.6 is 0 Å². The minimum Gasteiger partial charge on any atom is -0.508 e. The highest BCUT2D eigenvalue weighted by Gasteiger charge is 2.24. The molecule has 5 N–H and O–H groups in total. The van der Waals surface area contributed by atoms with Gasteiger partial charge in [-0.1, -0.05) is 13.0 Å². The van der Waals surface area contributed by atoms with Crippen molar-refractivity contribution in [3.63, 3.8) is 0 Å². The normalized spacial score (nSPS) is 11.1. The summed E-state index contributed by atoms with van der Waals surface area (Å²) in [5.41, 5.74) is 14.8. The average molecular weight is 325 g/mol. The van der Waals surface area contributed by atoms with Gasteiger partial charge in [0.2, 0.25) is 0 Å². The van der Waals surface area contributed by atoms with Crippen LogP contribution in [0.4, 0.5) is 5.82 Å². The Morgan fingerprint density at radius 3 is 2.67 bits per heavy atom. The number of hydrogen-bond donors (Lipinski definition) is 3. The van der Waals surface area contributed by atoms with Gasteiger partial charge in [0.1, 0.15) is 17.4 Å². The van der Waals surface area contributed by atoms with Crippen molar-refractivity contribution in [2.75, 3.05) is 5.73 Å². The Morgan fingerprint density at radius 1 is 1.33 bits per heavy atom. The molecular weight excluding hydrogens is 306 g/mol. The van der Waals surface area contributed by atoms with Gasteiger partial charge in [-0.3, -0.25) is 9.36 Å². The molecule has 0 bridgehead atoms. The number of benzene rings is 1. The number of fused-ring (bicyclic) bond motifs is 1. The van der Waals surface area contributed by atoms with Crippen LogP contribution in [0, 0.1) is 13.8 Å². The zero-order valence-corrected chi connectivity index (χ0v) is 13.8. The Morgan fingerprint density at radius 2 is 2.04 bits per heavy atom. The number of aryl methyl sites for hydroxylation is 2. The molecule has 2 aromatic heterocycles. The van der Waals surface area contributed by atoms with E-state index < -0.39 is 5.91 Å². The van der Waals surface area contributed by atoms with Crippen LogP contribution in [0.3, 0.4) is 0 Å². The number of carbonyl (C=O) groups excluding carboxylic acids is 1. The quantitative estimate of drug-likeness (QED) is 0.680. The van der Waals surface area contributed by atoms with Crippen molar-refractivity contribution in [3.8, 4) is 11.4 Å². The molecule has 0 fully saturated rings. The number of hydrogen-bond acceptors (Lipinski definition) is 5. The highest BCUT2D eigenvalue weighted by Crippen LogP contribution is 2.35. The van der Waals surface area contributed by atoms with Crippen molar-refractivity contribution in [2.24, 2.45) is 5.73 Å². The number of primary amides is 1. The summed E-state index contributed by atoms with van der Waals surface area (Å²) in [7, 11) is 0. The number of carbonyl (C=O) groups is 1. The number of rotatable bonds is 3. The predicted molar refractivity (Wildman–Crippen MR) is 92.3 cm³/mol. The molecule has 0 aliphatic carbocycles. The third kappa shape index (κ3) is 2.17. The lowest BCUT2D eigenvalue weighted by atomic mass is 10.0. The Balaban J connectivity index is 2.53. The number of anilines is 1. The molecule has 2 heterocycles. The monoisotopic (exact) mass is 325 g/mol. The molecule has 1 amide bonds. The molecule has 3 aromatic rings. The fourth-order valence-electron chi connectivity index (χ4n) is 3.06. The average Bonchev–Trinajstić information content (AvgIpc) is 2.80. The number of amides is 1. The minimum atomic E-state index is -0.639. The van der Waals surface area contributed by atoms with E-state index in [9.17, 15) is 9.90 Å². The standard InChI is InChI=1S/C17H19N5O2/c1-4-10-12(23)6-5-8(2)14(10)22-15(18)13(16(19)24)11-7-20-9(3)21-17(11)22/h5-7,23H,4,18H2,1-3H3,(H2,19,24). The van der Waals surface area contributed by atoms with Gasteiger partial charge in [0.05, 0.1) is 16.6 Å².